The summed E-state index contributed by atoms with van der Waals surface area (Å²) >= 11 is 1.76. The molecule has 1 unspecified atom stereocenters. The van der Waals surface area contributed by atoms with Crippen LogP contribution in [0.5, 0.6) is 0 Å². The average Bonchev–Trinajstić information content (AvgIpc) is 2.77. The van der Waals surface area contributed by atoms with Crippen LogP contribution in [0.15, 0.2) is 17.0 Å². The van der Waals surface area contributed by atoms with Gasteiger partial charge < -0.3 is 10.2 Å². The van der Waals surface area contributed by atoms with Crippen LogP contribution >= 0.6 is 11.8 Å². The molecule has 1 saturated heterocycles. The summed E-state index contributed by atoms with van der Waals surface area (Å²) in [6, 6.07) is 0. The summed E-state index contributed by atoms with van der Waals surface area (Å²) in [6.07, 6.45) is 1.04. The first-order valence-corrected chi connectivity index (χ1v) is 6.05. The molecular formula is C9H14N4O2S. The third kappa shape index (κ3) is 2.66. The first-order valence-electron chi connectivity index (χ1n) is 5.17. The number of aliphatic imine (C=N–C) groups is 1. The zero-order valence-electron chi connectivity index (χ0n) is 9.05. The van der Waals surface area contributed by atoms with Gasteiger partial charge in [-0.1, -0.05) is 0 Å². The first-order chi connectivity index (χ1) is 7.65. The first kappa shape index (κ1) is 11.3. The zero-order valence-corrected chi connectivity index (χ0v) is 9.87. The minimum atomic E-state index is -0.413. The van der Waals surface area contributed by atoms with E-state index in [1.54, 1.807) is 11.8 Å². The largest absolute Gasteiger partial charge is 0.365 e. The van der Waals surface area contributed by atoms with Gasteiger partial charge in [-0.2, -0.15) is 0 Å². The highest BCUT2D eigenvalue weighted by atomic mass is 32.2. The van der Waals surface area contributed by atoms with Gasteiger partial charge in [-0.05, 0) is 6.92 Å². The maximum absolute atomic E-state index is 10.4. The SMILES string of the molecule is CC1=NCC(CN2CCN/C2=C\[N+](=O)[O-])S1. The summed E-state index contributed by atoms with van der Waals surface area (Å²) in [6.45, 7) is 5.24. The topological polar surface area (TPSA) is 70.8 Å². The fraction of sp³-hybridized carbons (Fsp3) is 0.667. The molecule has 1 atom stereocenters. The second kappa shape index (κ2) is 4.73. The summed E-state index contributed by atoms with van der Waals surface area (Å²) in [5, 5.41) is 15.0. The van der Waals surface area contributed by atoms with E-state index in [9.17, 15) is 10.1 Å². The average molecular weight is 242 g/mol. The molecule has 6 nitrogen and oxygen atoms in total. The van der Waals surface area contributed by atoms with Crippen molar-refractivity contribution in [3.05, 3.63) is 22.1 Å². The molecule has 2 aliphatic heterocycles. The van der Waals surface area contributed by atoms with Crippen LogP contribution in [0.3, 0.4) is 0 Å². The summed E-state index contributed by atoms with van der Waals surface area (Å²) in [5.41, 5.74) is 0. The highest BCUT2D eigenvalue weighted by molar-refractivity contribution is 8.14. The van der Waals surface area contributed by atoms with Gasteiger partial charge in [0.05, 0.1) is 16.5 Å². The maximum atomic E-state index is 10.4. The summed E-state index contributed by atoms with van der Waals surface area (Å²) in [4.78, 5) is 16.4. The van der Waals surface area contributed by atoms with Crippen molar-refractivity contribution in [3.63, 3.8) is 0 Å². The third-order valence-corrected chi connectivity index (χ3v) is 3.64. The van der Waals surface area contributed by atoms with E-state index in [2.05, 4.69) is 10.3 Å². The minimum Gasteiger partial charge on any atom is -0.365 e. The van der Waals surface area contributed by atoms with Gasteiger partial charge >= 0.3 is 0 Å². The lowest BCUT2D eigenvalue weighted by atomic mass is 10.4. The Bertz CT molecular complexity index is 355. The molecule has 0 amide bonds. The lowest BCUT2D eigenvalue weighted by Crippen LogP contribution is -2.29. The number of nitrogens with zero attached hydrogens (tertiary/aromatic N) is 3. The van der Waals surface area contributed by atoms with Crippen LogP contribution < -0.4 is 5.32 Å². The fourth-order valence-electron chi connectivity index (χ4n) is 1.85. The van der Waals surface area contributed by atoms with Gasteiger partial charge in [0.15, 0.2) is 5.82 Å². The summed E-state index contributed by atoms with van der Waals surface area (Å²) < 4.78 is 0. The summed E-state index contributed by atoms with van der Waals surface area (Å²) in [7, 11) is 0. The van der Waals surface area contributed by atoms with Gasteiger partial charge in [0.2, 0.25) is 0 Å². The van der Waals surface area contributed by atoms with Gasteiger partial charge in [0.25, 0.3) is 6.20 Å². The van der Waals surface area contributed by atoms with E-state index in [4.69, 9.17) is 0 Å². The van der Waals surface area contributed by atoms with Crippen molar-refractivity contribution in [2.75, 3.05) is 26.2 Å². The highest BCUT2D eigenvalue weighted by Gasteiger charge is 2.25. The Morgan fingerprint density at radius 1 is 1.81 bits per heavy atom. The number of nitrogens with one attached hydrogen (secondary N) is 1. The van der Waals surface area contributed by atoms with Gasteiger partial charge in [-0.25, -0.2) is 0 Å². The number of hydrogen-bond donors (Lipinski definition) is 1. The maximum Gasteiger partial charge on any atom is 0.274 e. The molecule has 88 valence electrons. The molecule has 1 N–H and O–H groups in total. The number of thioether (sulfide) groups is 1. The molecule has 2 heterocycles. The summed E-state index contributed by atoms with van der Waals surface area (Å²) in [5.74, 6) is 0.621. The standard InChI is InChI=1S/C9H14N4O2S/c1-7-11-4-8(16-7)5-12-3-2-10-9(12)6-13(14)15/h6,8,10H,2-5H2,1H3/b9-6+. The second-order valence-corrected chi connectivity index (χ2v) is 5.27. The quantitative estimate of drug-likeness (QED) is 0.576. The lowest BCUT2D eigenvalue weighted by Gasteiger charge is -2.20. The van der Waals surface area contributed by atoms with Gasteiger partial charge in [-0.15, -0.1) is 11.8 Å². The van der Waals surface area contributed by atoms with Crippen LogP contribution in [-0.2, 0) is 0 Å². The molecule has 0 bridgehead atoms. The Morgan fingerprint density at radius 2 is 2.62 bits per heavy atom. The van der Waals surface area contributed by atoms with E-state index in [-0.39, 0.29) is 0 Å². The van der Waals surface area contributed by atoms with Crippen molar-refractivity contribution in [2.45, 2.75) is 12.2 Å². The van der Waals surface area contributed by atoms with Gasteiger partial charge in [0, 0.05) is 24.9 Å². The Kier molecular flexibility index (Phi) is 3.33. The molecule has 0 saturated carbocycles. The third-order valence-electron chi connectivity index (χ3n) is 2.54. The zero-order chi connectivity index (χ0) is 11.5. The molecule has 0 spiro atoms. The molecular weight excluding hydrogens is 228 g/mol. The second-order valence-electron chi connectivity index (χ2n) is 3.77. The molecule has 0 aromatic carbocycles. The van der Waals surface area contributed by atoms with Crippen molar-refractivity contribution in [1.29, 1.82) is 0 Å². The normalized spacial score (nSPS) is 27.1. The minimum absolute atomic E-state index is 0.413. The number of hydrogen-bond acceptors (Lipinski definition) is 6. The predicted molar refractivity (Wildman–Crippen MR) is 64.0 cm³/mol. The van der Waals surface area contributed by atoms with E-state index in [0.29, 0.717) is 11.1 Å². The van der Waals surface area contributed by atoms with E-state index in [0.717, 1.165) is 37.4 Å². The van der Waals surface area contributed by atoms with E-state index < -0.39 is 4.92 Å². The number of nitro groups is 1. The van der Waals surface area contributed by atoms with Gasteiger partial charge in [-0.3, -0.25) is 15.1 Å². The van der Waals surface area contributed by atoms with Crippen LogP contribution in [0.2, 0.25) is 0 Å². The molecule has 1 fully saturated rings. The van der Waals surface area contributed by atoms with Crippen LogP contribution in [-0.4, -0.2) is 46.3 Å². The van der Waals surface area contributed by atoms with Crippen LogP contribution in [0.4, 0.5) is 0 Å². The van der Waals surface area contributed by atoms with E-state index >= 15 is 0 Å². The number of rotatable bonds is 3. The van der Waals surface area contributed by atoms with Crippen molar-refractivity contribution < 1.29 is 4.92 Å². The van der Waals surface area contributed by atoms with Crippen LogP contribution in [0.1, 0.15) is 6.92 Å². The van der Waals surface area contributed by atoms with Crippen molar-refractivity contribution in [3.8, 4) is 0 Å². The Balaban J connectivity index is 1.92. The highest BCUT2D eigenvalue weighted by Crippen LogP contribution is 2.23. The monoisotopic (exact) mass is 242 g/mol. The van der Waals surface area contributed by atoms with Crippen LogP contribution in [0.25, 0.3) is 0 Å². The van der Waals surface area contributed by atoms with E-state index in [1.165, 1.54) is 0 Å². The molecule has 16 heavy (non-hydrogen) atoms. The predicted octanol–water partition coefficient (Wildman–Crippen LogP) is 0.501. The van der Waals surface area contributed by atoms with Crippen molar-refractivity contribution in [2.24, 2.45) is 4.99 Å². The van der Waals surface area contributed by atoms with Crippen LogP contribution in [0, 0.1) is 10.1 Å². The van der Waals surface area contributed by atoms with Crippen molar-refractivity contribution in [1.82, 2.24) is 10.2 Å². The molecule has 2 aliphatic rings. The smallest absolute Gasteiger partial charge is 0.274 e. The molecule has 0 aliphatic carbocycles. The Morgan fingerprint density at radius 3 is 3.25 bits per heavy atom. The van der Waals surface area contributed by atoms with Gasteiger partial charge in [0.1, 0.15) is 0 Å². The molecule has 7 heteroatoms. The lowest BCUT2D eigenvalue weighted by molar-refractivity contribution is -0.404. The fourth-order valence-corrected chi connectivity index (χ4v) is 2.89. The van der Waals surface area contributed by atoms with E-state index in [1.807, 2.05) is 11.8 Å². The molecule has 0 aromatic heterocycles. The Hall–Kier alpha value is -1.24. The Labute approximate surface area is 97.9 Å². The molecule has 0 aromatic rings. The van der Waals surface area contributed by atoms with Crippen molar-refractivity contribution >= 4 is 16.8 Å². The molecule has 2 rings (SSSR count). The molecule has 0 radical (unpaired) electrons.